The average molecular weight is 228 g/mol. The van der Waals surface area contributed by atoms with Gasteiger partial charge in [-0.25, -0.2) is 0 Å². The Kier molecular flexibility index (Phi) is 4.33. The van der Waals surface area contributed by atoms with Gasteiger partial charge in [0.1, 0.15) is 0 Å². The van der Waals surface area contributed by atoms with Crippen molar-refractivity contribution in [1.82, 2.24) is 0 Å². The van der Waals surface area contributed by atoms with Gasteiger partial charge in [-0.15, -0.1) is 0 Å². The van der Waals surface area contributed by atoms with Crippen LogP contribution in [0.15, 0.2) is 0 Å². The molecule has 1 rings (SSSR count). The van der Waals surface area contributed by atoms with Gasteiger partial charge in [0.05, 0.1) is 6.61 Å². The molecule has 0 aromatic carbocycles. The Labute approximate surface area is 96.0 Å². The highest BCUT2D eigenvalue weighted by atomic mass is 16.5. The maximum absolute atomic E-state index is 11.9. The molecule has 4 nitrogen and oxygen atoms in total. The SMILES string of the molecule is CC(C)COC(=O)C1(C(=O)O)CCCCC1. The van der Waals surface area contributed by atoms with Crippen molar-refractivity contribution in [1.29, 1.82) is 0 Å². The number of rotatable bonds is 4. The van der Waals surface area contributed by atoms with Crippen molar-refractivity contribution >= 4 is 11.9 Å². The van der Waals surface area contributed by atoms with E-state index in [1.54, 1.807) is 0 Å². The van der Waals surface area contributed by atoms with Gasteiger partial charge in [0.15, 0.2) is 5.41 Å². The monoisotopic (exact) mass is 228 g/mol. The van der Waals surface area contributed by atoms with E-state index in [0.29, 0.717) is 19.4 Å². The van der Waals surface area contributed by atoms with Crippen LogP contribution in [-0.4, -0.2) is 23.7 Å². The molecule has 0 aromatic heterocycles. The Morgan fingerprint density at radius 1 is 1.25 bits per heavy atom. The van der Waals surface area contributed by atoms with Crippen molar-refractivity contribution in [2.45, 2.75) is 46.0 Å². The van der Waals surface area contributed by atoms with Crippen molar-refractivity contribution in [3.63, 3.8) is 0 Å². The van der Waals surface area contributed by atoms with Gasteiger partial charge >= 0.3 is 11.9 Å². The molecule has 1 saturated carbocycles. The summed E-state index contributed by atoms with van der Waals surface area (Å²) in [7, 11) is 0. The minimum absolute atomic E-state index is 0.235. The zero-order valence-electron chi connectivity index (χ0n) is 9.99. The lowest BCUT2D eigenvalue weighted by molar-refractivity contribution is -0.172. The summed E-state index contributed by atoms with van der Waals surface area (Å²) in [5, 5.41) is 9.22. The fraction of sp³-hybridized carbons (Fsp3) is 0.833. The molecule has 0 saturated heterocycles. The van der Waals surface area contributed by atoms with E-state index in [4.69, 9.17) is 4.74 Å². The number of hydrogen-bond donors (Lipinski definition) is 1. The highest BCUT2D eigenvalue weighted by molar-refractivity contribution is 5.99. The second-order valence-corrected chi connectivity index (χ2v) is 4.94. The first-order chi connectivity index (χ1) is 7.49. The first-order valence-corrected chi connectivity index (χ1v) is 5.89. The topological polar surface area (TPSA) is 63.6 Å². The Balaban J connectivity index is 2.69. The standard InChI is InChI=1S/C12H20O4/c1-9(2)8-16-11(15)12(10(13)14)6-4-3-5-7-12/h9H,3-8H2,1-2H3,(H,13,14). The Bertz CT molecular complexity index is 264. The number of carboxylic acids is 1. The van der Waals surface area contributed by atoms with E-state index in [-0.39, 0.29) is 5.92 Å². The molecule has 0 atom stereocenters. The third-order valence-electron chi connectivity index (χ3n) is 3.05. The van der Waals surface area contributed by atoms with Crippen LogP contribution in [0.2, 0.25) is 0 Å². The van der Waals surface area contributed by atoms with Gasteiger partial charge in [-0.1, -0.05) is 33.1 Å². The van der Waals surface area contributed by atoms with Crippen LogP contribution in [-0.2, 0) is 14.3 Å². The van der Waals surface area contributed by atoms with Gasteiger partial charge in [0.2, 0.25) is 0 Å². The lowest BCUT2D eigenvalue weighted by Gasteiger charge is -2.30. The Morgan fingerprint density at radius 2 is 1.81 bits per heavy atom. The van der Waals surface area contributed by atoms with Crippen molar-refractivity contribution in [2.75, 3.05) is 6.61 Å². The Hall–Kier alpha value is -1.06. The minimum Gasteiger partial charge on any atom is -0.480 e. The predicted octanol–water partition coefficient (Wildman–Crippen LogP) is 2.22. The van der Waals surface area contributed by atoms with Crippen molar-refractivity contribution < 1.29 is 19.4 Å². The molecule has 0 heterocycles. The zero-order chi connectivity index (χ0) is 12.2. The summed E-state index contributed by atoms with van der Waals surface area (Å²) in [4.78, 5) is 23.1. The zero-order valence-corrected chi connectivity index (χ0v) is 9.99. The second kappa shape index (κ2) is 5.32. The smallest absolute Gasteiger partial charge is 0.323 e. The molecule has 16 heavy (non-hydrogen) atoms. The third-order valence-corrected chi connectivity index (χ3v) is 3.05. The summed E-state index contributed by atoms with van der Waals surface area (Å²) >= 11 is 0. The first-order valence-electron chi connectivity index (χ1n) is 5.89. The fourth-order valence-corrected chi connectivity index (χ4v) is 2.04. The molecule has 0 amide bonds. The molecule has 4 heteroatoms. The van der Waals surface area contributed by atoms with Crippen molar-refractivity contribution in [2.24, 2.45) is 11.3 Å². The fourth-order valence-electron chi connectivity index (χ4n) is 2.04. The summed E-state index contributed by atoms with van der Waals surface area (Å²) in [6, 6.07) is 0. The molecule has 0 unspecified atom stereocenters. The van der Waals surface area contributed by atoms with Crippen LogP contribution in [0.5, 0.6) is 0 Å². The average Bonchev–Trinajstić information content (AvgIpc) is 2.26. The largest absolute Gasteiger partial charge is 0.480 e. The molecule has 0 aromatic rings. The highest BCUT2D eigenvalue weighted by Gasteiger charge is 2.48. The summed E-state index contributed by atoms with van der Waals surface area (Å²) < 4.78 is 5.09. The molecule has 0 radical (unpaired) electrons. The van der Waals surface area contributed by atoms with Crippen molar-refractivity contribution in [3.05, 3.63) is 0 Å². The number of ether oxygens (including phenoxy) is 1. The molecule has 0 bridgehead atoms. The van der Waals surface area contributed by atoms with Crippen LogP contribution in [0.4, 0.5) is 0 Å². The normalized spacial score (nSPS) is 19.4. The molecule has 1 N–H and O–H groups in total. The van der Waals surface area contributed by atoms with Crippen LogP contribution in [0.3, 0.4) is 0 Å². The van der Waals surface area contributed by atoms with Crippen molar-refractivity contribution in [3.8, 4) is 0 Å². The summed E-state index contributed by atoms with van der Waals surface area (Å²) in [5.74, 6) is -1.34. The number of carboxylic acid groups (broad SMARTS) is 1. The highest BCUT2D eigenvalue weighted by Crippen LogP contribution is 2.37. The molecular weight excluding hydrogens is 208 g/mol. The van der Waals surface area contributed by atoms with E-state index in [9.17, 15) is 14.7 Å². The second-order valence-electron chi connectivity index (χ2n) is 4.94. The van der Waals surface area contributed by atoms with Gasteiger partial charge in [-0.2, -0.15) is 0 Å². The van der Waals surface area contributed by atoms with Crippen LogP contribution in [0.1, 0.15) is 46.0 Å². The number of aliphatic carboxylic acids is 1. The van der Waals surface area contributed by atoms with Crippen LogP contribution in [0, 0.1) is 11.3 Å². The van der Waals surface area contributed by atoms with E-state index in [2.05, 4.69) is 0 Å². The number of carbonyl (C=O) groups is 2. The molecular formula is C12H20O4. The number of carbonyl (C=O) groups excluding carboxylic acids is 1. The van der Waals surface area contributed by atoms with Gasteiger partial charge < -0.3 is 9.84 Å². The first kappa shape index (κ1) is 13.0. The van der Waals surface area contributed by atoms with Gasteiger partial charge in [-0.05, 0) is 18.8 Å². The van der Waals surface area contributed by atoms with E-state index in [1.165, 1.54) is 0 Å². The van der Waals surface area contributed by atoms with Gasteiger partial charge in [0, 0.05) is 0 Å². The lowest BCUT2D eigenvalue weighted by Crippen LogP contribution is -2.42. The van der Waals surface area contributed by atoms with Crippen LogP contribution < -0.4 is 0 Å². The summed E-state index contributed by atoms with van der Waals surface area (Å²) in [6.45, 7) is 4.16. The third kappa shape index (κ3) is 2.74. The molecule has 0 aliphatic heterocycles. The molecule has 92 valence electrons. The van der Waals surface area contributed by atoms with Crippen LogP contribution >= 0.6 is 0 Å². The van der Waals surface area contributed by atoms with E-state index in [0.717, 1.165) is 19.3 Å². The molecule has 0 spiro atoms. The Morgan fingerprint density at radius 3 is 2.25 bits per heavy atom. The molecule has 1 fully saturated rings. The summed E-state index contributed by atoms with van der Waals surface area (Å²) in [5.41, 5.74) is -1.27. The van der Waals surface area contributed by atoms with Crippen LogP contribution in [0.25, 0.3) is 0 Å². The maximum atomic E-state index is 11.9. The van der Waals surface area contributed by atoms with Gasteiger partial charge in [0.25, 0.3) is 0 Å². The molecule has 1 aliphatic carbocycles. The van der Waals surface area contributed by atoms with E-state index < -0.39 is 17.4 Å². The van der Waals surface area contributed by atoms with E-state index in [1.807, 2.05) is 13.8 Å². The molecule has 1 aliphatic rings. The number of hydrogen-bond acceptors (Lipinski definition) is 3. The van der Waals surface area contributed by atoms with Gasteiger partial charge in [-0.3, -0.25) is 9.59 Å². The predicted molar refractivity (Wildman–Crippen MR) is 59.0 cm³/mol. The minimum atomic E-state index is -1.27. The number of esters is 1. The maximum Gasteiger partial charge on any atom is 0.323 e. The van der Waals surface area contributed by atoms with E-state index >= 15 is 0 Å². The quantitative estimate of drug-likeness (QED) is 0.592. The lowest BCUT2D eigenvalue weighted by atomic mass is 9.74. The summed E-state index contributed by atoms with van der Waals surface area (Å²) in [6.07, 6.45) is 3.43.